The number of fused-ring (bicyclic) bond motifs is 1. The Labute approximate surface area is 244 Å². The van der Waals surface area contributed by atoms with E-state index in [1.165, 1.54) is 18.2 Å². The van der Waals surface area contributed by atoms with Crippen LogP contribution in [0.15, 0.2) is 24.3 Å². The van der Waals surface area contributed by atoms with E-state index in [4.69, 9.17) is 28.4 Å². The first-order valence-electron chi connectivity index (χ1n) is 13.6. The Bertz CT molecular complexity index is 1260. The molecule has 2 aromatic carbocycles. The SMILES string of the molecule is Cc1cc(O)c2c(O[C@@H]3O[C@H](CO[C@H]4OC[C@@H](O[C@@H]5OC[C@@H](O)[C@H](O)[C@H]5O)[C@H](O)[C@H]4O)[C@@H](O)[C@H](O)[C@H]3O)ccc(O)c2c1. The van der Waals surface area contributed by atoms with Crippen LogP contribution in [-0.4, -0.2) is 151 Å². The molecule has 0 radical (unpaired) electrons. The predicted molar refractivity (Wildman–Crippen MR) is 140 cm³/mol. The molecule has 0 aliphatic carbocycles. The molecule has 0 spiro atoms. The third-order valence-electron chi connectivity index (χ3n) is 7.71. The summed E-state index contributed by atoms with van der Waals surface area (Å²) in [7, 11) is 0. The van der Waals surface area contributed by atoms with Gasteiger partial charge in [0, 0.05) is 5.39 Å². The van der Waals surface area contributed by atoms with Gasteiger partial charge in [0.05, 0.1) is 25.2 Å². The maximum absolute atomic E-state index is 10.6. The molecule has 0 amide bonds. The Balaban J connectivity index is 1.22. The first kappa shape index (κ1) is 32.0. The molecule has 0 aromatic heterocycles. The molecule has 0 saturated carbocycles. The molecule has 3 fully saturated rings. The molecule has 0 unspecified atom stereocenters. The summed E-state index contributed by atoms with van der Waals surface area (Å²) in [5.41, 5.74) is 0.663. The number of hydrogen-bond donors (Lipinski definition) is 10. The number of phenols is 2. The lowest BCUT2D eigenvalue weighted by atomic mass is 9.99. The highest BCUT2D eigenvalue weighted by Crippen LogP contribution is 2.40. The number of phenolic OH excluding ortho intramolecular Hbond substituents is 2. The van der Waals surface area contributed by atoms with E-state index in [-0.39, 0.29) is 41.2 Å². The average molecular weight is 617 g/mol. The fraction of sp³-hybridized carbons (Fsp3) is 0.630. The number of rotatable bonds is 7. The van der Waals surface area contributed by atoms with Crippen molar-refractivity contribution in [1.29, 1.82) is 0 Å². The molecular formula is C27H36O16. The second kappa shape index (κ2) is 12.9. The molecule has 13 atom stereocenters. The van der Waals surface area contributed by atoms with Crippen molar-refractivity contribution in [2.75, 3.05) is 19.8 Å². The van der Waals surface area contributed by atoms with Crippen LogP contribution in [0.3, 0.4) is 0 Å². The van der Waals surface area contributed by atoms with E-state index in [0.717, 1.165) is 0 Å². The van der Waals surface area contributed by atoms with Crippen molar-refractivity contribution in [3.63, 3.8) is 0 Å². The normalized spacial score (nSPS) is 40.4. The van der Waals surface area contributed by atoms with Crippen LogP contribution >= 0.6 is 0 Å². The lowest BCUT2D eigenvalue weighted by Gasteiger charge is -2.43. The van der Waals surface area contributed by atoms with Crippen molar-refractivity contribution < 1.29 is 79.5 Å². The smallest absolute Gasteiger partial charge is 0.229 e. The van der Waals surface area contributed by atoms with Crippen LogP contribution in [0.4, 0.5) is 0 Å². The monoisotopic (exact) mass is 616 g/mol. The summed E-state index contributed by atoms with van der Waals surface area (Å²) in [6.45, 7) is 0.514. The van der Waals surface area contributed by atoms with Crippen LogP contribution in [0, 0.1) is 6.92 Å². The number of aromatic hydroxyl groups is 2. The maximum Gasteiger partial charge on any atom is 0.229 e. The van der Waals surface area contributed by atoms with Gasteiger partial charge in [-0.15, -0.1) is 0 Å². The second-order valence-corrected chi connectivity index (χ2v) is 10.9. The summed E-state index contributed by atoms with van der Waals surface area (Å²) < 4.78 is 33.0. The highest BCUT2D eigenvalue weighted by atomic mass is 16.7. The van der Waals surface area contributed by atoms with E-state index in [1.807, 2.05) is 0 Å². The fourth-order valence-corrected chi connectivity index (χ4v) is 5.23. The predicted octanol–water partition coefficient (Wildman–Crippen LogP) is -3.34. The van der Waals surface area contributed by atoms with Crippen molar-refractivity contribution >= 4 is 10.8 Å². The van der Waals surface area contributed by atoms with Gasteiger partial charge in [-0.1, -0.05) is 0 Å². The van der Waals surface area contributed by atoms with Gasteiger partial charge in [-0.2, -0.15) is 0 Å². The van der Waals surface area contributed by atoms with Crippen LogP contribution in [0.1, 0.15) is 5.56 Å². The zero-order valence-corrected chi connectivity index (χ0v) is 22.9. The van der Waals surface area contributed by atoms with Crippen molar-refractivity contribution in [2.45, 2.75) is 86.8 Å². The van der Waals surface area contributed by atoms with Gasteiger partial charge in [0.2, 0.25) is 6.29 Å². The van der Waals surface area contributed by atoms with E-state index in [1.54, 1.807) is 13.0 Å². The average Bonchev–Trinajstić information content (AvgIpc) is 2.97. The number of aliphatic hydroxyl groups is 8. The quantitative estimate of drug-likeness (QED) is 0.146. The minimum Gasteiger partial charge on any atom is -0.507 e. The Hall–Kier alpha value is -2.42. The topological polar surface area (TPSA) is 258 Å². The zero-order chi connectivity index (χ0) is 31.2. The third-order valence-corrected chi connectivity index (χ3v) is 7.71. The Morgan fingerprint density at radius 3 is 2.14 bits per heavy atom. The van der Waals surface area contributed by atoms with Crippen LogP contribution in [-0.2, 0) is 23.7 Å². The molecule has 3 aliphatic heterocycles. The highest BCUT2D eigenvalue weighted by Gasteiger charge is 2.48. The molecule has 16 nitrogen and oxygen atoms in total. The van der Waals surface area contributed by atoms with E-state index in [2.05, 4.69) is 0 Å². The minimum atomic E-state index is -1.76. The van der Waals surface area contributed by atoms with Gasteiger partial charge in [-0.05, 0) is 36.8 Å². The Morgan fingerprint density at radius 2 is 1.40 bits per heavy atom. The van der Waals surface area contributed by atoms with Crippen LogP contribution < -0.4 is 4.74 Å². The van der Waals surface area contributed by atoms with Crippen molar-refractivity contribution in [3.05, 3.63) is 29.8 Å². The largest absolute Gasteiger partial charge is 0.507 e. The van der Waals surface area contributed by atoms with Crippen molar-refractivity contribution in [1.82, 2.24) is 0 Å². The van der Waals surface area contributed by atoms with Crippen LogP contribution in [0.2, 0.25) is 0 Å². The van der Waals surface area contributed by atoms with Crippen molar-refractivity contribution in [3.8, 4) is 17.2 Å². The van der Waals surface area contributed by atoms with Crippen molar-refractivity contribution in [2.24, 2.45) is 0 Å². The minimum absolute atomic E-state index is 0.00639. The standard InChI is InChI=1S/C27H36O16/c1-9-4-10-11(28)2-3-14(17(10)12(29)5-9)41-27-24(37)21(34)19(32)15(43-27)7-39-25-23(36)20(33)16(8-40-25)42-26-22(35)18(31)13(30)6-38-26/h2-5,13,15-16,18-37H,6-8H2,1H3/t13-,15-,16-,18+,19-,20+,21+,22-,23-,24-,25+,26+,27-/m1/s1. The molecule has 3 saturated heterocycles. The molecule has 0 bridgehead atoms. The lowest BCUT2D eigenvalue weighted by molar-refractivity contribution is -0.335. The van der Waals surface area contributed by atoms with Gasteiger partial charge in [0.1, 0.15) is 78.3 Å². The third kappa shape index (κ3) is 6.38. The molecule has 2 aromatic rings. The van der Waals surface area contributed by atoms with Gasteiger partial charge in [-0.25, -0.2) is 0 Å². The molecule has 3 aliphatic rings. The number of aryl methyl sites for hydroxylation is 1. The second-order valence-electron chi connectivity index (χ2n) is 10.9. The first-order chi connectivity index (χ1) is 20.4. The number of benzene rings is 2. The summed E-state index contributed by atoms with van der Waals surface area (Å²) in [5, 5.41) is 103. The van der Waals surface area contributed by atoms with E-state index < -0.39 is 86.5 Å². The molecule has 5 rings (SSSR count). The first-order valence-corrected chi connectivity index (χ1v) is 13.6. The molecule has 43 heavy (non-hydrogen) atoms. The zero-order valence-electron chi connectivity index (χ0n) is 22.9. The lowest BCUT2D eigenvalue weighted by Crippen LogP contribution is -2.61. The van der Waals surface area contributed by atoms with Gasteiger partial charge >= 0.3 is 0 Å². The number of aliphatic hydroxyl groups excluding tert-OH is 8. The summed E-state index contributed by atoms with van der Waals surface area (Å²) >= 11 is 0. The Kier molecular flexibility index (Phi) is 9.60. The summed E-state index contributed by atoms with van der Waals surface area (Å²) in [6, 6.07) is 5.70. The van der Waals surface area contributed by atoms with E-state index >= 15 is 0 Å². The summed E-state index contributed by atoms with van der Waals surface area (Å²) in [6.07, 6.45) is -20.0. The maximum atomic E-state index is 10.6. The molecule has 3 heterocycles. The molecular weight excluding hydrogens is 580 g/mol. The number of hydrogen-bond acceptors (Lipinski definition) is 16. The van der Waals surface area contributed by atoms with Crippen LogP contribution in [0.5, 0.6) is 17.2 Å². The van der Waals surface area contributed by atoms with Gasteiger partial charge < -0.3 is 79.5 Å². The fourth-order valence-electron chi connectivity index (χ4n) is 5.23. The highest BCUT2D eigenvalue weighted by molar-refractivity contribution is 5.98. The van der Waals surface area contributed by atoms with E-state index in [0.29, 0.717) is 5.56 Å². The van der Waals surface area contributed by atoms with Crippen LogP contribution in [0.25, 0.3) is 10.8 Å². The summed E-state index contributed by atoms with van der Waals surface area (Å²) in [4.78, 5) is 0. The van der Waals surface area contributed by atoms with Gasteiger partial charge in [0.15, 0.2) is 12.6 Å². The Morgan fingerprint density at radius 1 is 0.721 bits per heavy atom. The molecule has 240 valence electrons. The molecule has 10 N–H and O–H groups in total. The van der Waals surface area contributed by atoms with Gasteiger partial charge in [0.25, 0.3) is 0 Å². The summed E-state index contributed by atoms with van der Waals surface area (Å²) in [5.74, 6) is -0.339. The van der Waals surface area contributed by atoms with Gasteiger partial charge in [-0.3, -0.25) is 0 Å². The van der Waals surface area contributed by atoms with E-state index in [9.17, 15) is 51.1 Å². The number of ether oxygens (including phenoxy) is 6. The molecule has 16 heteroatoms.